The van der Waals surface area contributed by atoms with Crippen LogP contribution in [0.1, 0.15) is 43.5 Å². The molecule has 0 unspecified atom stereocenters. The van der Waals surface area contributed by atoms with Crippen molar-refractivity contribution in [1.82, 2.24) is 14.6 Å². The summed E-state index contributed by atoms with van der Waals surface area (Å²) in [5, 5.41) is 9.00. The van der Waals surface area contributed by atoms with Gasteiger partial charge in [-0.15, -0.1) is 10.2 Å². The number of aromatic nitrogens is 3. The quantitative estimate of drug-likeness (QED) is 0.664. The molecule has 22 heavy (non-hydrogen) atoms. The third-order valence-corrected chi connectivity index (χ3v) is 5.30. The van der Waals surface area contributed by atoms with Crippen LogP contribution in [0.2, 0.25) is 0 Å². The molecule has 112 valence electrons. The van der Waals surface area contributed by atoms with Gasteiger partial charge in [-0.05, 0) is 46.5 Å². The second-order valence-electron chi connectivity index (χ2n) is 6.11. The number of fused-ring (bicyclic) bond motifs is 1. The molecule has 2 heterocycles. The number of benzene rings is 1. The van der Waals surface area contributed by atoms with Gasteiger partial charge >= 0.3 is 0 Å². The lowest BCUT2D eigenvalue weighted by molar-refractivity contribution is 0.328. The maximum Gasteiger partial charge on any atom is 0.160 e. The van der Waals surface area contributed by atoms with E-state index in [1.807, 2.05) is 12.1 Å². The highest BCUT2D eigenvalue weighted by Gasteiger charge is 2.39. The van der Waals surface area contributed by atoms with Crippen molar-refractivity contribution in [2.45, 2.75) is 37.5 Å². The minimum Gasteiger partial charge on any atom is -0.285 e. The normalized spacial score (nSPS) is 17.7. The monoisotopic (exact) mass is 355 g/mol. The van der Waals surface area contributed by atoms with Crippen molar-refractivity contribution < 1.29 is 0 Å². The van der Waals surface area contributed by atoms with Crippen molar-refractivity contribution in [3.05, 3.63) is 64.5 Å². The van der Waals surface area contributed by atoms with Gasteiger partial charge < -0.3 is 0 Å². The number of halogens is 1. The van der Waals surface area contributed by atoms with Gasteiger partial charge in [-0.2, -0.15) is 0 Å². The SMILES string of the molecule is Brc1ccc2nnc(C3(c4ccccc4)CCCCC3)n2c1. The van der Waals surface area contributed by atoms with Crippen LogP contribution in [0.3, 0.4) is 0 Å². The molecule has 1 aliphatic rings. The predicted molar refractivity (Wildman–Crippen MR) is 91.0 cm³/mol. The van der Waals surface area contributed by atoms with Crippen molar-refractivity contribution in [3.63, 3.8) is 0 Å². The second kappa shape index (κ2) is 5.51. The zero-order valence-corrected chi connectivity index (χ0v) is 14.0. The van der Waals surface area contributed by atoms with E-state index in [0.29, 0.717) is 0 Å². The lowest BCUT2D eigenvalue weighted by atomic mass is 9.69. The molecule has 3 aromatic rings. The van der Waals surface area contributed by atoms with E-state index < -0.39 is 0 Å². The van der Waals surface area contributed by atoms with E-state index in [-0.39, 0.29) is 5.41 Å². The van der Waals surface area contributed by atoms with Crippen molar-refractivity contribution in [3.8, 4) is 0 Å². The Morgan fingerprint density at radius 1 is 0.909 bits per heavy atom. The Kier molecular flexibility index (Phi) is 3.49. The smallest absolute Gasteiger partial charge is 0.160 e. The van der Waals surface area contributed by atoms with Crippen LogP contribution in [-0.2, 0) is 5.41 Å². The lowest BCUT2D eigenvalue weighted by Gasteiger charge is -2.36. The van der Waals surface area contributed by atoms with Gasteiger partial charge in [0, 0.05) is 10.7 Å². The van der Waals surface area contributed by atoms with Gasteiger partial charge in [-0.3, -0.25) is 4.40 Å². The molecule has 0 amide bonds. The van der Waals surface area contributed by atoms with Gasteiger partial charge in [-0.25, -0.2) is 0 Å². The number of hydrogen-bond acceptors (Lipinski definition) is 2. The Morgan fingerprint density at radius 2 is 1.68 bits per heavy atom. The van der Waals surface area contributed by atoms with Crippen molar-refractivity contribution in [2.75, 3.05) is 0 Å². The Bertz CT molecular complexity index is 788. The summed E-state index contributed by atoms with van der Waals surface area (Å²) in [6.45, 7) is 0. The summed E-state index contributed by atoms with van der Waals surface area (Å²) in [5.74, 6) is 1.08. The molecule has 4 rings (SSSR count). The molecular weight excluding hydrogens is 338 g/mol. The molecule has 0 spiro atoms. The van der Waals surface area contributed by atoms with Gasteiger partial charge in [0.25, 0.3) is 0 Å². The van der Waals surface area contributed by atoms with Gasteiger partial charge in [0.2, 0.25) is 0 Å². The van der Waals surface area contributed by atoms with Gasteiger partial charge in [0.1, 0.15) is 5.82 Å². The average Bonchev–Trinajstić information content (AvgIpc) is 3.00. The lowest BCUT2D eigenvalue weighted by Crippen LogP contribution is -2.32. The van der Waals surface area contributed by atoms with E-state index in [2.05, 4.69) is 67.1 Å². The molecule has 0 radical (unpaired) electrons. The average molecular weight is 356 g/mol. The fourth-order valence-electron chi connectivity index (χ4n) is 3.75. The van der Waals surface area contributed by atoms with Crippen LogP contribution in [0.5, 0.6) is 0 Å². The third-order valence-electron chi connectivity index (χ3n) is 4.83. The molecule has 0 N–H and O–H groups in total. The summed E-state index contributed by atoms with van der Waals surface area (Å²) in [4.78, 5) is 0. The third kappa shape index (κ3) is 2.17. The molecule has 1 aromatic carbocycles. The zero-order valence-electron chi connectivity index (χ0n) is 12.4. The molecule has 1 aliphatic carbocycles. The van der Waals surface area contributed by atoms with Gasteiger partial charge in [-0.1, -0.05) is 49.6 Å². The summed E-state index contributed by atoms with van der Waals surface area (Å²) in [6.07, 6.45) is 8.18. The van der Waals surface area contributed by atoms with Crippen LogP contribution >= 0.6 is 15.9 Å². The van der Waals surface area contributed by atoms with Gasteiger partial charge in [0.15, 0.2) is 5.65 Å². The molecule has 0 saturated heterocycles. The highest BCUT2D eigenvalue weighted by Crippen LogP contribution is 2.44. The maximum absolute atomic E-state index is 4.60. The summed E-state index contributed by atoms with van der Waals surface area (Å²) in [5.41, 5.74) is 2.27. The standard InChI is InChI=1S/C18H18BrN3/c19-15-9-10-16-20-21-17(22(16)13-15)18(11-5-2-6-12-18)14-7-3-1-4-8-14/h1,3-4,7-10,13H,2,5-6,11-12H2. The topological polar surface area (TPSA) is 30.2 Å². The summed E-state index contributed by atoms with van der Waals surface area (Å²) >= 11 is 3.57. The fourth-order valence-corrected chi connectivity index (χ4v) is 4.08. The minimum absolute atomic E-state index is 0.0142. The van der Waals surface area contributed by atoms with E-state index in [9.17, 15) is 0 Å². The van der Waals surface area contributed by atoms with Crippen molar-refractivity contribution in [1.29, 1.82) is 0 Å². The van der Waals surface area contributed by atoms with Crippen LogP contribution in [0.4, 0.5) is 0 Å². The molecule has 0 bridgehead atoms. The molecule has 1 saturated carbocycles. The predicted octanol–water partition coefficient (Wildman–Crippen LogP) is 4.74. The Balaban J connectivity index is 1.95. The van der Waals surface area contributed by atoms with Crippen LogP contribution in [-0.4, -0.2) is 14.6 Å². The van der Waals surface area contributed by atoms with E-state index in [0.717, 1.165) is 28.8 Å². The maximum atomic E-state index is 4.60. The molecule has 0 aliphatic heterocycles. The molecule has 4 heteroatoms. The molecule has 1 fully saturated rings. The first-order valence-electron chi connectivity index (χ1n) is 7.86. The largest absolute Gasteiger partial charge is 0.285 e. The van der Waals surface area contributed by atoms with E-state index in [1.54, 1.807) is 0 Å². The highest BCUT2D eigenvalue weighted by atomic mass is 79.9. The van der Waals surface area contributed by atoms with Crippen LogP contribution in [0.25, 0.3) is 5.65 Å². The molecule has 2 aromatic heterocycles. The highest BCUT2D eigenvalue weighted by molar-refractivity contribution is 9.10. The second-order valence-corrected chi connectivity index (χ2v) is 7.02. The van der Waals surface area contributed by atoms with Crippen LogP contribution < -0.4 is 0 Å². The zero-order chi connectivity index (χ0) is 15.0. The van der Waals surface area contributed by atoms with Gasteiger partial charge in [0.05, 0.1) is 5.41 Å². The summed E-state index contributed by atoms with van der Waals surface area (Å²) < 4.78 is 3.21. The number of hydrogen-bond donors (Lipinski definition) is 0. The fraction of sp³-hybridized carbons (Fsp3) is 0.333. The number of nitrogens with zero attached hydrogens (tertiary/aromatic N) is 3. The van der Waals surface area contributed by atoms with Crippen LogP contribution in [0, 0.1) is 0 Å². The van der Waals surface area contributed by atoms with Crippen LogP contribution in [0.15, 0.2) is 53.1 Å². The Hall–Kier alpha value is -1.68. The Labute approximate surface area is 138 Å². The molecule has 0 atom stereocenters. The number of pyridine rings is 1. The molecule has 3 nitrogen and oxygen atoms in total. The van der Waals surface area contributed by atoms with Crippen molar-refractivity contribution >= 4 is 21.6 Å². The van der Waals surface area contributed by atoms with Crippen molar-refractivity contribution in [2.24, 2.45) is 0 Å². The first-order chi connectivity index (χ1) is 10.8. The first-order valence-corrected chi connectivity index (χ1v) is 8.65. The van der Waals surface area contributed by atoms with E-state index >= 15 is 0 Å². The summed E-state index contributed by atoms with van der Waals surface area (Å²) in [6, 6.07) is 14.9. The summed E-state index contributed by atoms with van der Waals surface area (Å²) in [7, 11) is 0. The number of rotatable bonds is 2. The van der Waals surface area contributed by atoms with E-state index in [4.69, 9.17) is 0 Å². The minimum atomic E-state index is -0.0142. The Morgan fingerprint density at radius 3 is 2.45 bits per heavy atom. The molecular formula is C18H18BrN3. The van der Waals surface area contributed by atoms with E-state index in [1.165, 1.54) is 24.8 Å². The first kappa shape index (κ1) is 13.9.